The average Bonchev–Trinajstić information content (AvgIpc) is 3.59. The average molecular weight is 577 g/mol. The van der Waals surface area contributed by atoms with Gasteiger partial charge >= 0.3 is 0 Å². The number of rotatable bonds is 10. The van der Waals surface area contributed by atoms with Crippen LogP contribution in [-0.2, 0) is 13.1 Å². The summed E-state index contributed by atoms with van der Waals surface area (Å²) in [5, 5.41) is 0. The molecule has 0 aliphatic carbocycles. The third kappa shape index (κ3) is 8.04. The van der Waals surface area contributed by atoms with Gasteiger partial charge in [0.25, 0.3) is 0 Å². The molecule has 3 aliphatic heterocycles. The Morgan fingerprint density at radius 3 is 2.00 bits per heavy atom. The van der Waals surface area contributed by atoms with Crippen LogP contribution in [-0.4, -0.2) is 61.0 Å². The molecule has 0 amide bonds. The first-order chi connectivity index (χ1) is 21.1. The third-order valence-corrected chi connectivity index (χ3v) is 9.46. The number of nitrogens with zero attached hydrogens (tertiary/aromatic N) is 4. The van der Waals surface area contributed by atoms with Crippen molar-refractivity contribution in [3.05, 3.63) is 101 Å². The Balaban J connectivity index is 0.922. The van der Waals surface area contributed by atoms with Crippen LogP contribution in [0.1, 0.15) is 66.4 Å². The van der Waals surface area contributed by atoms with Crippen molar-refractivity contribution < 1.29 is 9.53 Å². The van der Waals surface area contributed by atoms with Crippen LogP contribution in [0.5, 0.6) is 5.75 Å². The monoisotopic (exact) mass is 576 g/mol. The lowest BCUT2D eigenvalue weighted by Crippen LogP contribution is -2.37. The fraction of sp³-hybridized carbons (Fsp3) is 0.459. The highest BCUT2D eigenvalue weighted by molar-refractivity contribution is 5.96. The summed E-state index contributed by atoms with van der Waals surface area (Å²) in [6.45, 7) is 15.5. The van der Waals surface area contributed by atoms with E-state index in [0.29, 0.717) is 18.0 Å². The third-order valence-electron chi connectivity index (χ3n) is 9.46. The van der Waals surface area contributed by atoms with Crippen molar-refractivity contribution in [3.63, 3.8) is 0 Å². The highest BCUT2D eigenvalue weighted by Crippen LogP contribution is 2.27. The molecule has 0 atom stereocenters. The zero-order chi connectivity index (χ0) is 29.4. The van der Waals surface area contributed by atoms with Gasteiger partial charge in [-0.1, -0.05) is 48.5 Å². The molecule has 3 saturated heterocycles. The highest BCUT2D eigenvalue weighted by atomic mass is 16.5. The molecule has 3 aliphatic rings. The van der Waals surface area contributed by atoms with E-state index >= 15 is 0 Å². The van der Waals surface area contributed by atoms with Crippen molar-refractivity contribution >= 4 is 17.2 Å². The summed E-state index contributed by atoms with van der Waals surface area (Å²) in [5.74, 6) is 1.48. The van der Waals surface area contributed by atoms with E-state index in [1.54, 1.807) is 0 Å². The molecule has 0 spiro atoms. The second-order valence-corrected chi connectivity index (χ2v) is 12.6. The van der Waals surface area contributed by atoms with Gasteiger partial charge in [0.15, 0.2) is 11.5 Å². The van der Waals surface area contributed by atoms with Crippen LogP contribution >= 0.6 is 0 Å². The number of hydrogen-bond acceptors (Lipinski definition) is 5. The molecule has 6 heteroatoms. The van der Waals surface area contributed by atoms with Gasteiger partial charge in [-0.3, -0.25) is 14.6 Å². The van der Waals surface area contributed by atoms with Gasteiger partial charge in [0.1, 0.15) is 11.9 Å². The summed E-state index contributed by atoms with van der Waals surface area (Å²) >= 11 is 0. The molecule has 3 aromatic carbocycles. The molecule has 0 aromatic heterocycles. The van der Waals surface area contributed by atoms with Crippen molar-refractivity contribution in [3.8, 4) is 5.75 Å². The number of likely N-dealkylation sites (tertiary alicyclic amines) is 2. The van der Waals surface area contributed by atoms with Crippen molar-refractivity contribution in [1.82, 2.24) is 9.80 Å². The van der Waals surface area contributed by atoms with Gasteiger partial charge < -0.3 is 9.64 Å². The maximum Gasteiger partial charge on any atom is 0.187 e. The predicted octanol–water partition coefficient (Wildman–Crippen LogP) is 7.37. The maximum atomic E-state index is 13.2. The quantitative estimate of drug-likeness (QED) is 0.186. The molecule has 0 radical (unpaired) electrons. The Morgan fingerprint density at radius 1 is 0.767 bits per heavy atom. The number of ketones is 1. The highest BCUT2D eigenvalue weighted by Gasteiger charge is 2.24. The summed E-state index contributed by atoms with van der Waals surface area (Å²) in [5.41, 5.74) is 5.44. The Kier molecular flexibility index (Phi) is 9.72. The second kappa shape index (κ2) is 14.2. The van der Waals surface area contributed by atoms with Gasteiger partial charge in [0, 0.05) is 56.9 Å². The lowest BCUT2D eigenvalue weighted by Gasteiger charge is -2.32. The zero-order valence-corrected chi connectivity index (χ0v) is 25.3. The number of carbonyl (C=O) groups is 1. The number of piperidine rings is 2. The Morgan fingerprint density at radius 2 is 1.37 bits per heavy atom. The Labute approximate surface area is 257 Å². The first-order valence-electron chi connectivity index (χ1n) is 16.2. The van der Waals surface area contributed by atoms with Crippen LogP contribution in [0.4, 0.5) is 11.4 Å². The molecule has 43 heavy (non-hydrogen) atoms. The van der Waals surface area contributed by atoms with Crippen LogP contribution in [0.2, 0.25) is 0 Å². The van der Waals surface area contributed by atoms with Gasteiger partial charge in [-0.2, -0.15) is 0 Å². The van der Waals surface area contributed by atoms with Gasteiger partial charge in [-0.15, -0.1) is 0 Å². The van der Waals surface area contributed by atoms with Crippen molar-refractivity contribution in [2.45, 2.75) is 64.1 Å². The minimum Gasteiger partial charge on any atom is -0.490 e. The number of benzene rings is 3. The normalized spacial score (nSPS) is 18.9. The standard InChI is InChI=1S/C37H44N4O2/c1-38-33-11-7-30(8-12-33)27-39-21-15-29(16-22-39)25-37(42)32-5-4-6-36(26-32)43-35-17-23-40(24-18-35)28-31-9-13-34(14-10-31)41-19-2-3-20-41/h4-14,26,29,35H,2-3,15-25,27-28H2. The van der Waals surface area contributed by atoms with Gasteiger partial charge in [-0.05, 0) is 92.9 Å². The molecule has 3 fully saturated rings. The van der Waals surface area contributed by atoms with E-state index in [1.165, 1.54) is 42.7 Å². The largest absolute Gasteiger partial charge is 0.490 e. The topological polar surface area (TPSA) is 40.4 Å². The van der Waals surface area contributed by atoms with Crippen LogP contribution in [0.25, 0.3) is 4.85 Å². The first kappa shape index (κ1) is 29.4. The molecule has 0 N–H and O–H groups in total. The number of carbonyl (C=O) groups excluding carboxylic acids is 1. The minimum atomic E-state index is 0.195. The van der Waals surface area contributed by atoms with E-state index in [0.717, 1.165) is 76.3 Å². The molecule has 6 rings (SSSR count). The molecule has 3 heterocycles. The number of Topliss-reactive ketones (excluding diaryl/α,β-unsaturated/α-hetero) is 1. The smallest absolute Gasteiger partial charge is 0.187 e. The number of anilines is 1. The van der Waals surface area contributed by atoms with E-state index in [4.69, 9.17) is 11.3 Å². The van der Waals surface area contributed by atoms with Crippen LogP contribution < -0.4 is 9.64 Å². The molecule has 224 valence electrons. The van der Waals surface area contributed by atoms with Gasteiger partial charge in [0.05, 0.1) is 6.57 Å². The van der Waals surface area contributed by atoms with Crippen LogP contribution in [0, 0.1) is 12.5 Å². The maximum absolute atomic E-state index is 13.2. The molecular weight excluding hydrogens is 532 g/mol. The molecule has 0 unspecified atom stereocenters. The predicted molar refractivity (Wildman–Crippen MR) is 173 cm³/mol. The van der Waals surface area contributed by atoms with Crippen molar-refractivity contribution in [1.29, 1.82) is 0 Å². The minimum absolute atomic E-state index is 0.195. The molecule has 6 nitrogen and oxygen atoms in total. The van der Waals surface area contributed by atoms with E-state index in [1.807, 2.05) is 36.4 Å². The molecule has 3 aromatic rings. The second-order valence-electron chi connectivity index (χ2n) is 12.6. The molecular formula is C37H44N4O2. The Hall–Kier alpha value is -3.66. The fourth-order valence-electron chi connectivity index (χ4n) is 6.83. The van der Waals surface area contributed by atoms with Crippen molar-refractivity contribution in [2.75, 3.05) is 44.2 Å². The van der Waals surface area contributed by atoms with E-state index in [2.05, 4.69) is 55.9 Å². The zero-order valence-electron chi connectivity index (χ0n) is 25.3. The summed E-state index contributed by atoms with van der Waals surface area (Å²) in [6.07, 6.45) is 7.52. The van der Waals surface area contributed by atoms with E-state index < -0.39 is 0 Å². The van der Waals surface area contributed by atoms with Crippen LogP contribution in [0.15, 0.2) is 72.8 Å². The Bertz CT molecular complexity index is 1380. The van der Waals surface area contributed by atoms with Gasteiger partial charge in [-0.25, -0.2) is 4.85 Å². The summed E-state index contributed by atoms with van der Waals surface area (Å²) in [6, 6.07) is 24.9. The molecule has 0 bridgehead atoms. The molecule has 0 saturated carbocycles. The lowest BCUT2D eigenvalue weighted by atomic mass is 9.89. The number of ether oxygens (including phenoxy) is 1. The fourth-order valence-corrected chi connectivity index (χ4v) is 6.83. The summed E-state index contributed by atoms with van der Waals surface area (Å²) < 4.78 is 6.39. The van der Waals surface area contributed by atoms with Gasteiger partial charge in [0.2, 0.25) is 0 Å². The van der Waals surface area contributed by atoms with Crippen molar-refractivity contribution in [2.24, 2.45) is 5.92 Å². The SMILES string of the molecule is [C-]#[N+]c1ccc(CN2CCC(CC(=O)c3cccc(OC4CCN(Cc5ccc(N6CCCC6)cc5)CC4)c3)CC2)cc1. The van der Waals surface area contributed by atoms with E-state index in [-0.39, 0.29) is 11.9 Å². The first-order valence-corrected chi connectivity index (χ1v) is 16.2. The lowest BCUT2D eigenvalue weighted by molar-refractivity contribution is 0.0915. The van der Waals surface area contributed by atoms with E-state index in [9.17, 15) is 4.79 Å². The summed E-state index contributed by atoms with van der Waals surface area (Å²) in [4.78, 5) is 24.1. The number of hydrogen-bond donors (Lipinski definition) is 0. The van der Waals surface area contributed by atoms with Crippen LogP contribution in [0.3, 0.4) is 0 Å². The summed E-state index contributed by atoms with van der Waals surface area (Å²) in [7, 11) is 0.